The summed E-state index contributed by atoms with van der Waals surface area (Å²) in [7, 11) is 0. The van der Waals surface area contributed by atoms with Crippen molar-refractivity contribution in [3.8, 4) is 0 Å². The SMILES string of the molecule is Cc1ccc(C(=O)CCC(=O)NC(C)c2cccc3ccccc23)s1. The molecule has 4 heteroatoms. The summed E-state index contributed by atoms with van der Waals surface area (Å²) in [5.41, 5.74) is 1.09. The number of thiophene rings is 1. The fraction of sp³-hybridized carbons (Fsp3) is 0.238. The van der Waals surface area contributed by atoms with Crippen LogP contribution in [-0.4, -0.2) is 11.7 Å². The smallest absolute Gasteiger partial charge is 0.220 e. The maximum Gasteiger partial charge on any atom is 0.220 e. The number of rotatable bonds is 6. The van der Waals surface area contributed by atoms with Crippen LogP contribution < -0.4 is 5.32 Å². The number of carbonyl (C=O) groups excluding carboxylic acids is 2. The van der Waals surface area contributed by atoms with Crippen molar-refractivity contribution in [2.75, 3.05) is 0 Å². The lowest BCUT2D eigenvalue weighted by atomic mass is 9.99. The van der Waals surface area contributed by atoms with Crippen LogP contribution in [0.25, 0.3) is 10.8 Å². The topological polar surface area (TPSA) is 46.2 Å². The molecule has 0 saturated heterocycles. The Morgan fingerprint density at radius 1 is 1.00 bits per heavy atom. The van der Waals surface area contributed by atoms with Gasteiger partial charge in [-0.1, -0.05) is 42.5 Å². The summed E-state index contributed by atoms with van der Waals surface area (Å²) in [6, 6.07) is 17.9. The van der Waals surface area contributed by atoms with Crippen molar-refractivity contribution in [2.45, 2.75) is 32.7 Å². The van der Waals surface area contributed by atoms with Crippen molar-refractivity contribution >= 4 is 33.8 Å². The highest BCUT2D eigenvalue weighted by Gasteiger charge is 2.14. The summed E-state index contributed by atoms with van der Waals surface area (Å²) < 4.78 is 0. The predicted molar refractivity (Wildman–Crippen MR) is 103 cm³/mol. The number of ketones is 1. The number of hydrogen-bond donors (Lipinski definition) is 1. The van der Waals surface area contributed by atoms with Crippen LogP contribution in [0.1, 0.15) is 45.9 Å². The molecule has 0 radical (unpaired) electrons. The van der Waals surface area contributed by atoms with Gasteiger partial charge < -0.3 is 5.32 Å². The van der Waals surface area contributed by atoms with Gasteiger partial charge in [0.25, 0.3) is 0 Å². The highest BCUT2D eigenvalue weighted by atomic mass is 32.1. The Hall–Kier alpha value is -2.46. The van der Waals surface area contributed by atoms with E-state index in [-0.39, 0.29) is 30.6 Å². The van der Waals surface area contributed by atoms with Crippen molar-refractivity contribution < 1.29 is 9.59 Å². The van der Waals surface area contributed by atoms with Gasteiger partial charge in [0.05, 0.1) is 10.9 Å². The first kappa shape index (κ1) is 17.4. The van der Waals surface area contributed by atoms with Crippen LogP contribution in [0.5, 0.6) is 0 Å². The quantitative estimate of drug-likeness (QED) is 0.632. The van der Waals surface area contributed by atoms with Gasteiger partial charge in [-0.2, -0.15) is 0 Å². The number of aryl methyl sites for hydroxylation is 1. The van der Waals surface area contributed by atoms with E-state index >= 15 is 0 Å². The van der Waals surface area contributed by atoms with Crippen LogP contribution in [0.3, 0.4) is 0 Å². The first-order valence-electron chi connectivity index (χ1n) is 8.41. The second-order valence-corrected chi connectivity index (χ2v) is 7.48. The van der Waals surface area contributed by atoms with Gasteiger partial charge in [0.1, 0.15) is 0 Å². The monoisotopic (exact) mass is 351 g/mol. The van der Waals surface area contributed by atoms with Crippen molar-refractivity contribution in [1.82, 2.24) is 5.32 Å². The van der Waals surface area contributed by atoms with Crippen LogP contribution in [0, 0.1) is 6.92 Å². The second kappa shape index (κ2) is 7.62. The fourth-order valence-electron chi connectivity index (χ4n) is 2.95. The third-order valence-electron chi connectivity index (χ3n) is 4.26. The van der Waals surface area contributed by atoms with Gasteiger partial charge in [0.2, 0.25) is 5.91 Å². The summed E-state index contributed by atoms with van der Waals surface area (Å²) in [5.74, 6) is -0.0619. The molecule has 0 aliphatic rings. The average Bonchev–Trinajstić information content (AvgIpc) is 3.05. The van der Waals surface area contributed by atoms with Crippen molar-refractivity contribution in [3.05, 3.63) is 69.9 Å². The van der Waals surface area contributed by atoms with E-state index in [2.05, 4.69) is 23.5 Å². The molecule has 3 rings (SSSR count). The number of Topliss-reactive ketones (excluding diaryl/α,β-unsaturated/α-hetero) is 1. The molecule has 128 valence electrons. The number of hydrogen-bond acceptors (Lipinski definition) is 3. The second-order valence-electron chi connectivity index (χ2n) is 6.19. The molecule has 1 amide bonds. The highest BCUT2D eigenvalue weighted by Crippen LogP contribution is 2.24. The van der Waals surface area contributed by atoms with Gasteiger partial charge in [-0.15, -0.1) is 11.3 Å². The molecule has 0 aliphatic heterocycles. The van der Waals surface area contributed by atoms with Crippen LogP contribution in [0.15, 0.2) is 54.6 Å². The van der Waals surface area contributed by atoms with Crippen LogP contribution in [0.2, 0.25) is 0 Å². The normalized spacial score (nSPS) is 12.1. The Kier molecular flexibility index (Phi) is 5.29. The van der Waals surface area contributed by atoms with E-state index in [9.17, 15) is 9.59 Å². The van der Waals surface area contributed by atoms with Gasteiger partial charge in [-0.05, 0) is 42.3 Å². The van der Waals surface area contributed by atoms with Crippen molar-refractivity contribution in [3.63, 3.8) is 0 Å². The number of benzene rings is 2. The van der Waals surface area contributed by atoms with Gasteiger partial charge in [-0.25, -0.2) is 0 Å². The molecule has 1 atom stereocenters. The minimum atomic E-state index is -0.0994. The van der Waals surface area contributed by atoms with E-state index in [0.29, 0.717) is 0 Å². The summed E-state index contributed by atoms with van der Waals surface area (Å²) in [4.78, 5) is 26.2. The predicted octanol–water partition coefficient (Wildman–Crippen LogP) is 5.05. The maximum absolute atomic E-state index is 12.2. The molecular formula is C21H21NO2S. The van der Waals surface area contributed by atoms with Gasteiger partial charge in [0, 0.05) is 17.7 Å². The van der Waals surface area contributed by atoms with Gasteiger partial charge in [-0.3, -0.25) is 9.59 Å². The van der Waals surface area contributed by atoms with Crippen LogP contribution in [0.4, 0.5) is 0 Å². The Bertz CT molecular complexity index is 908. The first-order chi connectivity index (χ1) is 12.0. The molecule has 0 fully saturated rings. The molecule has 0 bridgehead atoms. The lowest BCUT2D eigenvalue weighted by Crippen LogP contribution is -2.27. The molecule has 25 heavy (non-hydrogen) atoms. The van der Waals surface area contributed by atoms with E-state index in [1.165, 1.54) is 11.3 Å². The minimum absolute atomic E-state index is 0.0334. The third kappa shape index (κ3) is 4.15. The van der Waals surface area contributed by atoms with E-state index < -0.39 is 0 Å². The summed E-state index contributed by atoms with van der Waals surface area (Å²) in [6.45, 7) is 3.95. The molecule has 3 nitrogen and oxygen atoms in total. The molecule has 1 aromatic heterocycles. The first-order valence-corrected chi connectivity index (χ1v) is 9.23. The van der Waals surface area contributed by atoms with E-state index in [1.54, 1.807) is 0 Å². The lowest BCUT2D eigenvalue weighted by molar-refractivity contribution is -0.121. The number of fused-ring (bicyclic) bond motifs is 1. The van der Waals surface area contributed by atoms with Crippen molar-refractivity contribution in [1.29, 1.82) is 0 Å². The van der Waals surface area contributed by atoms with E-state index in [4.69, 9.17) is 0 Å². The largest absolute Gasteiger partial charge is 0.350 e. The number of amides is 1. The zero-order chi connectivity index (χ0) is 17.8. The molecule has 3 aromatic rings. The minimum Gasteiger partial charge on any atom is -0.350 e. The number of nitrogens with one attached hydrogen (secondary N) is 1. The molecule has 0 saturated carbocycles. The average molecular weight is 351 g/mol. The van der Waals surface area contributed by atoms with Crippen molar-refractivity contribution in [2.24, 2.45) is 0 Å². The molecular weight excluding hydrogens is 330 g/mol. The highest BCUT2D eigenvalue weighted by molar-refractivity contribution is 7.14. The Labute approximate surface area is 151 Å². The molecule has 1 N–H and O–H groups in total. The molecule has 2 aromatic carbocycles. The zero-order valence-corrected chi connectivity index (χ0v) is 15.2. The van der Waals surface area contributed by atoms with E-state index in [0.717, 1.165) is 26.1 Å². The number of carbonyl (C=O) groups is 2. The zero-order valence-electron chi connectivity index (χ0n) is 14.4. The Morgan fingerprint density at radius 3 is 2.52 bits per heavy atom. The standard InChI is InChI=1S/C21H21NO2S/c1-14-10-12-20(25-14)19(23)11-13-21(24)22-15(2)17-9-5-7-16-6-3-4-8-18(16)17/h3-10,12,15H,11,13H2,1-2H3,(H,22,24). The molecule has 1 heterocycles. The fourth-order valence-corrected chi connectivity index (χ4v) is 3.79. The Balaban J connectivity index is 1.61. The summed E-state index contributed by atoms with van der Waals surface area (Å²) in [6.07, 6.45) is 0.457. The van der Waals surface area contributed by atoms with Crippen LogP contribution >= 0.6 is 11.3 Å². The lowest BCUT2D eigenvalue weighted by Gasteiger charge is -2.16. The molecule has 0 spiro atoms. The summed E-state index contributed by atoms with van der Waals surface area (Å²) in [5, 5.41) is 5.31. The van der Waals surface area contributed by atoms with E-state index in [1.807, 2.05) is 50.2 Å². The van der Waals surface area contributed by atoms with Gasteiger partial charge in [0.15, 0.2) is 5.78 Å². The maximum atomic E-state index is 12.2. The van der Waals surface area contributed by atoms with Crippen LogP contribution in [-0.2, 0) is 4.79 Å². The summed E-state index contributed by atoms with van der Waals surface area (Å²) >= 11 is 1.48. The Morgan fingerprint density at radius 2 is 1.76 bits per heavy atom. The molecule has 0 aliphatic carbocycles. The van der Waals surface area contributed by atoms with Gasteiger partial charge >= 0.3 is 0 Å². The molecule has 1 unspecified atom stereocenters. The third-order valence-corrected chi connectivity index (χ3v) is 5.30.